The van der Waals surface area contributed by atoms with Crippen LogP contribution in [0.25, 0.3) is 11.1 Å². The summed E-state index contributed by atoms with van der Waals surface area (Å²) >= 11 is 0. The van der Waals surface area contributed by atoms with Crippen molar-refractivity contribution in [3.05, 3.63) is 77.9 Å². The van der Waals surface area contributed by atoms with Crippen molar-refractivity contribution in [1.29, 1.82) is 0 Å². The molecular formula is C25H26N2O4. The number of pyridine rings is 2. The summed E-state index contributed by atoms with van der Waals surface area (Å²) in [5, 5.41) is 0. The van der Waals surface area contributed by atoms with Crippen LogP contribution >= 0.6 is 0 Å². The third-order valence-electron chi connectivity index (χ3n) is 5.60. The molecule has 6 nitrogen and oxygen atoms in total. The van der Waals surface area contributed by atoms with E-state index < -0.39 is 6.10 Å². The van der Waals surface area contributed by atoms with Crippen LogP contribution in [0.3, 0.4) is 0 Å². The van der Waals surface area contributed by atoms with E-state index in [4.69, 9.17) is 14.2 Å². The second-order valence-electron chi connectivity index (χ2n) is 7.44. The lowest BCUT2D eigenvalue weighted by atomic mass is 9.95. The van der Waals surface area contributed by atoms with Crippen molar-refractivity contribution >= 4 is 5.97 Å². The van der Waals surface area contributed by atoms with Gasteiger partial charge in [0.25, 0.3) is 0 Å². The van der Waals surface area contributed by atoms with Crippen molar-refractivity contribution in [3.8, 4) is 16.9 Å². The van der Waals surface area contributed by atoms with Gasteiger partial charge in [0.05, 0.1) is 13.2 Å². The zero-order chi connectivity index (χ0) is 21.6. The van der Waals surface area contributed by atoms with Gasteiger partial charge >= 0.3 is 5.97 Å². The van der Waals surface area contributed by atoms with E-state index in [9.17, 15) is 4.79 Å². The van der Waals surface area contributed by atoms with E-state index in [2.05, 4.69) is 22.1 Å². The van der Waals surface area contributed by atoms with Gasteiger partial charge in [-0.25, -0.2) is 4.79 Å². The lowest BCUT2D eigenvalue weighted by molar-refractivity contribution is -0.154. The molecule has 1 atom stereocenters. The number of carbonyl (C=O) groups excluding carboxylic acids is 1. The molecule has 0 radical (unpaired) electrons. The SMILES string of the molecule is CCOC(=O)C(Cc1ccc(OCCC2c3ccncc3-c3cnccc32)cc1)OC. The maximum absolute atomic E-state index is 11.9. The molecule has 0 bridgehead atoms. The number of carbonyl (C=O) groups is 1. The fraction of sp³-hybridized carbons (Fsp3) is 0.320. The Morgan fingerprint density at radius 1 is 1.00 bits per heavy atom. The van der Waals surface area contributed by atoms with Crippen LogP contribution in [0, 0.1) is 0 Å². The van der Waals surface area contributed by atoms with E-state index in [0.29, 0.717) is 19.6 Å². The topological polar surface area (TPSA) is 70.5 Å². The molecule has 6 heteroatoms. The summed E-state index contributed by atoms with van der Waals surface area (Å²) in [6, 6.07) is 11.9. The molecule has 4 rings (SSSR count). The Kier molecular flexibility index (Phi) is 6.57. The summed E-state index contributed by atoms with van der Waals surface area (Å²) in [6.07, 6.45) is 8.25. The van der Waals surface area contributed by atoms with Gasteiger partial charge in [0.15, 0.2) is 6.10 Å². The van der Waals surface area contributed by atoms with Crippen LogP contribution in [0.15, 0.2) is 61.2 Å². The van der Waals surface area contributed by atoms with Gasteiger partial charge in [0.2, 0.25) is 0 Å². The van der Waals surface area contributed by atoms with E-state index in [1.54, 1.807) is 6.92 Å². The number of nitrogens with zero attached hydrogens (tertiary/aromatic N) is 2. The molecule has 0 N–H and O–H groups in total. The fourth-order valence-corrected chi connectivity index (χ4v) is 4.08. The highest BCUT2D eigenvalue weighted by Gasteiger charge is 2.28. The molecule has 1 aromatic carbocycles. The molecule has 0 saturated carbocycles. The van der Waals surface area contributed by atoms with Crippen LogP contribution in [0.1, 0.15) is 36.0 Å². The molecule has 1 aliphatic rings. The predicted molar refractivity (Wildman–Crippen MR) is 117 cm³/mol. The molecule has 31 heavy (non-hydrogen) atoms. The van der Waals surface area contributed by atoms with E-state index in [1.807, 2.05) is 49.1 Å². The van der Waals surface area contributed by atoms with Crippen LogP contribution in [0.4, 0.5) is 0 Å². The monoisotopic (exact) mass is 418 g/mol. The van der Waals surface area contributed by atoms with Gasteiger partial charge in [-0.1, -0.05) is 12.1 Å². The van der Waals surface area contributed by atoms with Gasteiger partial charge in [0.1, 0.15) is 5.75 Å². The average Bonchev–Trinajstić information content (AvgIpc) is 3.12. The van der Waals surface area contributed by atoms with Crippen LogP contribution in [0.5, 0.6) is 5.75 Å². The van der Waals surface area contributed by atoms with Gasteiger partial charge < -0.3 is 14.2 Å². The van der Waals surface area contributed by atoms with Crippen molar-refractivity contribution in [1.82, 2.24) is 9.97 Å². The molecule has 1 aliphatic carbocycles. The largest absolute Gasteiger partial charge is 0.494 e. The Hall–Kier alpha value is -3.25. The first-order valence-electron chi connectivity index (χ1n) is 10.5. The Morgan fingerprint density at radius 2 is 1.65 bits per heavy atom. The van der Waals surface area contributed by atoms with Crippen molar-refractivity contribution in [2.75, 3.05) is 20.3 Å². The highest BCUT2D eigenvalue weighted by atomic mass is 16.6. The maximum Gasteiger partial charge on any atom is 0.335 e. The Morgan fingerprint density at radius 3 is 2.23 bits per heavy atom. The highest BCUT2D eigenvalue weighted by molar-refractivity contribution is 5.77. The zero-order valence-electron chi connectivity index (χ0n) is 17.8. The Labute approximate surface area is 182 Å². The summed E-state index contributed by atoms with van der Waals surface area (Å²) in [5.74, 6) is 0.743. The summed E-state index contributed by atoms with van der Waals surface area (Å²) in [4.78, 5) is 20.5. The summed E-state index contributed by atoms with van der Waals surface area (Å²) in [6.45, 7) is 2.72. The first kappa shape index (κ1) is 21.0. The third-order valence-corrected chi connectivity index (χ3v) is 5.60. The van der Waals surface area contributed by atoms with Crippen molar-refractivity contribution < 1.29 is 19.0 Å². The molecule has 160 valence electrons. The van der Waals surface area contributed by atoms with Gasteiger partial charge in [0, 0.05) is 55.4 Å². The van der Waals surface area contributed by atoms with E-state index >= 15 is 0 Å². The first-order chi connectivity index (χ1) is 15.2. The molecular weight excluding hydrogens is 392 g/mol. The molecule has 0 aliphatic heterocycles. The molecule has 2 heterocycles. The maximum atomic E-state index is 11.9. The minimum absolute atomic E-state index is 0.280. The second kappa shape index (κ2) is 9.71. The minimum atomic E-state index is -0.599. The molecule has 1 unspecified atom stereocenters. The Balaban J connectivity index is 1.36. The summed E-state index contributed by atoms with van der Waals surface area (Å²) < 4.78 is 16.3. The smallest absolute Gasteiger partial charge is 0.335 e. The summed E-state index contributed by atoms with van der Waals surface area (Å²) in [5.41, 5.74) is 5.87. The molecule has 2 aromatic heterocycles. The van der Waals surface area contributed by atoms with Crippen LogP contribution in [-0.4, -0.2) is 42.4 Å². The van der Waals surface area contributed by atoms with E-state index in [-0.39, 0.29) is 11.9 Å². The van der Waals surface area contributed by atoms with Gasteiger partial charge in [-0.2, -0.15) is 0 Å². The number of methoxy groups -OCH3 is 1. The van der Waals surface area contributed by atoms with Gasteiger partial charge in [-0.3, -0.25) is 9.97 Å². The van der Waals surface area contributed by atoms with E-state index in [0.717, 1.165) is 28.9 Å². The van der Waals surface area contributed by atoms with Crippen LogP contribution in [-0.2, 0) is 20.7 Å². The van der Waals surface area contributed by atoms with Gasteiger partial charge in [-0.15, -0.1) is 0 Å². The predicted octanol–water partition coefficient (Wildman–Crippen LogP) is 4.18. The zero-order valence-corrected chi connectivity index (χ0v) is 17.8. The third kappa shape index (κ3) is 4.59. The second-order valence-corrected chi connectivity index (χ2v) is 7.44. The first-order valence-corrected chi connectivity index (χ1v) is 10.5. The van der Waals surface area contributed by atoms with Crippen LogP contribution < -0.4 is 4.74 Å². The normalized spacial score (nSPS) is 13.4. The number of fused-ring (bicyclic) bond motifs is 3. The number of hydrogen-bond donors (Lipinski definition) is 0. The number of hydrogen-bond acceptors (Lipinski definition) is 6. The number of ether oxygens (including phenoxy) is 3. The average molecular weight is 418 g/mol. The minimum Gasteiger partial charge on any atom is -0.494 e. The molecule has 0 fully saturated rings. The van der Waals surface area contributed by atoms with Crippen molar-refractivity contribution in [2.45, 2.75) is 31.8 Å². The van der Waals surface area contributed by atoms with Crippen LogP contribution in [0.2, 0.25) is 0 Å². The number of esters is 1. The van der Waals surface area contributed by atoms with Crippen molar-refractivity contribution in [3.63, 3.8) is 0 Å². The Bertz CT molecular complexity index is 990. The number of aromatic nitrogens is 2. The fourth-order valence-electron chi connectivity index (χ4n) is 4.08. The summed E-state index contributed by atoms with van der Waals surface area (Å²) in [7, 11) is 1.52. The quantitative estimate of drug-likeness (QED) is 0.486. The number of benzene rings is 1. The standard InChI is InChI=1S/C25H26N2O4/c1-3-30-25(28)24(29-2)14-17-4-6-18(7-5-17)31-13-10-21-19-8-11-26-15-22(19)23-16-27-12-9-20(21)23/h4-9,11-12,15-16,21,24H,3,10,13-14H2,1-2H3. The molecule has 0 spiro atoms. The molecule has 0 amide bonds. The lowest BCUT2D eigenvalue weighted by Crippen LogP contribution is -2.27. The number of rotatable bonds is 9. The van der Waals surface area contributed by atoms with Crippen molar-refractivity contribution in [2.24, 2.45) is 0 Å². The molecule has 3 aromatic rings. The molecule has 0 saturated heterocycles. The van der Waals surface area contributed by atoms with Gasteiger partial charge in [-0.05, 0) is 54.3 Å². The lowest BCUT2D eigenvalue weighted by Gasteiger charge is -2.15. The van der Waals surface area contributed by atoms with E-state index in [1.165, 1.54) is 18.2 Å². The highest BCUT2D eigenvalue weighted by Crippen LogP contribution is 2.45.